The van der Waals surface area contributed by atoms with E-state index in [1.807, 2.05) is 6.92 Å². The van der Waals surface area contributed by atoms with Gasteiger partial charge in [0.2, 0.25) is 0 Å². The van der Waals surface area contributed by atoms with Gasteiger partial charge in [-0.25, -0.2) is 10.2 Å². The molecule has 2 amide bonds. The molecule has 3 N–H and O–H groups in total. The third-order valence-corrected chi connectivity index (χ3v) is 4.18. The highest BCUT2D eigenvalue weighted by Crippen LogP contribution is 2.42. The Balaban J connectivity index is 3.18. The average Bonchev–Trinajstić information content (AvgIpc) is 2.35. The zero-order valence-corrected chi connectivity index (χ0v) is 13.5. The maximum absolute atomic E-state index is 10.5. The zero-order valence-electron chi connectivity index (χ0n) is 10.4. The fraction of sp³-hybridized carbons (Fsp3) is 0.273. The first-order chi connectivity index (χ1) is 9.01. The van der Waals surface area contributed by atoms with Gasteiger partial charge < -0.3 is 15.2 Å². The molecule has 0 spiro atoms. The van der Waals surface area contributed by atoms with Crippen molar-refractivity contribution in [2.24, 2.45) is 10.8 Å². The number of primary amides is 1. The van der Waals surface area contributed by atoms with E-state index in [2.05, 4.69) is 42.4 Å². The number of carbonyl (C=O) groups is 1. The number of carbonyl (C=O) groups excluding carboxylic acids is 1. The predicted molar refractivity (Wildman–Crippen MR) is 79.9 cm³/mol. The standard InChI is InChI=1S/C11H13Br2N3O3/c1-3-19-7-4-6(5-15-16-11(14)17)8(12)9(13)10(7)18-2/h4-5H,3H2,1-2H3,(H3,14,16,17)/b15-5+. The molecule has 0 radical (unpaired) electrons. The Bertz CT molecular complexity index is 506. The van der Waals surface area contributed by atoms with Crippen molar-refractivity contribution in [3.8, 4) is 11.5 Å². The van der Waals surface area contributed by atoms with Crippen molar-refractivity contribution in [1.29, 1.82) is 0 Å². The number of hydrogen-bond donors (Lipinski definition) is 2. The molecule has 19 heavy (non-hydrogen) atoms. The van der Waals surface area contributed by atoms with E-state index < -0.39 is 6.03 Å². The van der Waals surface area contributed by atoms with Gasteiger partial charge in [0.05, 0.1) is 24.4 Å². The van der Waals surface area contributed by atoms with Gasteiger partial charge in [0.15, 0.2) is 11.5 Å². The Labute approximate surface area is 127 Å². The normalized spacial score (nSPS) is 10.5. The van der Waals surface area contributed by atoms with Crippen molar-refractivity contribution in [2.45, 2.75) is 6.92 Å². The molecule has 1 aromatic rings. The first kappa shape index (κ1) is 15.8. The van der Waals surface area contributed by atoms with Crippen LogP contribution < -0.4 is 20.6 Å². The zero-order chi connectivity index (χ0) is 14.4. The van der Waals surface area contributed by atoms with Crippen LogP contribution in [0.2, 0.25) is 0 Å². The van der Waals surface area contributed by atoms with Gasteiger partial charge in [-0.3, -0.25) is 0 Å². The number of urea groups is 1. The number of nitrogens with one attached hydrogen (secondary N) is 1. The molecule has 1 rings (SSSR count). The highest BCUT2D eigenvalue weighted by Gasteiger charge is 2.15. The van der Waals surface area contributed by atoms with Gasteiger partial charge >= 0.3 is 6.03 Å². The summed E-state index contributed by atoms with van der Waals surface area (Å²) in [5, 5.41) is 3.70. The van der Waals surface area contributed by atoms with Crippen LogP contribution >= 0.6 is 31.9 Å². The van der Waals surface area contributed by atoms with Gasteiger partial charge in [-0.2, -0.15) is 5.10 Å². The fourth-order valence-corrected chi connectivity index (χ4v) is 2.30. The van der Waals surface area contributed by atoms with Crippen molar-refractivity contribution in [1.82, 2.24) is 5.43 Å². The van der Waals surface area contributed by atoms with Crippen LogP contribution in [0.5, 0.6) is 11.5 Å². The van der Waals surface area contributed by atoms with Crippen molar-refractivity contribution in [3.63, 3.8) is 0 Å². The lowest BCUT2D eigenvalue weighted by molar-refractivity contribution is 0.249. The number of nitrogens with zero attached hydrogens (tertiary/aromatic N) is 1. The van der Waals surface area contributed by atoms with Crippen molar-refractivity contribution < 1.29 is 14.3 Å². The summed E-state index contributed by atoms with van der Waals surface area (Å²) < 4.78 is 12.2. The monoisotopic (exact) mass is 393 g/mol. The van der Waals surface area contributed by atoms with Crippen LogP contribution in [0, 0.1) is 0 Å². The van der Waals surface area contributed by atoms with Gasteiger partial charge in [0, 0.05) is 10.0 Å². The van der Waals surface area contributed by atoms with Crippen molar-refractivity contribution in [2.75, 3.05) is 13.7 Å². The Morgan fingerprint density at radius 2 is 2.21 bits per heavy atom. The highest BCUT2D eigenvalue weighted by molar-refractivity contribution is 9.13. The first-order valence-corrected chi connectivity index (χ1v) is 6.87. The number of ether oxygens (including phenoxy) is 2. The molecule has 0 atom stereocenters. The molecule has 0 heterocycles. The van der Waals surface area contributed by atoms with E-state index in [0.717, 1.165) is 4.47 Å². The van der Waals surface area contributed by atoms with Crippen molar-refractivity contribution >= 4 is 44.1 Å². The van der Waals surface area contributed by atoms with Gasteiger partial charge in [0.25, 0.3) is 0 Å². The molecule has 8 heteroatoms. The number of amides is 2. The molecular weight excluding hydrogens is 382 g/mol. The summed E-state index contributed by atoms with van der Waals surface area (Å²) in [6.45, 7) is 2.37. The molecule has 0 fully saturated rings. The second kappa shape index (κ2) is 7.34. The SMILES string of the molecule is CCOc1cc(/C=N/NC(N)=O)c(Br)c(Br)c1OC. The van der Waals surface area contributed by atoms with Gasteiger partial charge in [-0.15, -0.1) is 0 Å². The Kier molecular flexibility index (Phi) is 6.10. The average molecular weight is 395 g/mol. The minimum atomic E-state index is -0.731. The summed E-state index contributed by atoms with van der Waals surface area (Å²) in [6, 6.07) is 1.01. The van der Waals surface area contributed by atoms with Crippen molar-refractivity contribution in [3.05, 3.63) is 20.6 Å². The largest absolute Gasteiger partial charge is 0.492 e. The van der Waals surface area contributed by atoms with Crippen LogP contribution in [0.4, 0.5) is 4.79 Å². The van der Waals surface area contributed by atoms with Crippen LogP contribution in [-0.2, 0) is 0 Å². The minimum Gasteiger partial charge on any atom is -0.492 e. The Morgan fingerprint density at radius 3 is 2.74 bits per heavy atom. The lowest BCUT2D eigenvalue weighted by Gasteiger charge is -2.13. The molecule has 0 aromatic heterocycles. The molecule has 1 aromatic carbocycles. The molecule has 0 saturated carbocycles. The predicted octanol–water partition coefficient (Wildman–Crippen LogP) is 2.62. The number of rotatable bonds is 5. The number of hydrazone groups is 1. The Hall–Kier alpha value is -1.28. The number of methoxy groups -OCH3 is 1. The van der Waals surface area contributed by atoms with E-state index in [1.54, 1.807) is 13.2 Å². The highest BCUT2D eigenvalue weighted by atomic mass is 79.9. The number of hydrogen-bond acceptors (Lipinski definition) is 4. The van der Waals surface area contributed by atoms with Gasteiger partial charge in [-0.05, 0) is 44.8 Å². The van der Waals surface area contributed by atoms with E-state index in [1.165, 1.54) is 6.21 Å². The van der Waals surface area contributed by atoms with E-state index in [0.29, 0.717) is 28.1 Å². The maximum Gasteiger partial charge on any atom is 0.332 e. The third-order valence-electron chi connectivity index (χ3n) is 2.04. The molecule has 0 aliphatic rings. The molecule has 0 unspecified atom stereocenters. The number of halogens is 2. The molecule has 104 valence electrons. The topological polar surface area (TPSA) is 85.9 Å². The fourth-order valence-electron chi connectivity index (χ4n) is 1.32. The summed E-state index contributed by atoms with van der Waals surface area (Å²) in [6.07, 6.45) is 1.45. The van der Waals surface area contributed by atoms with Crippen LogP contribution in [0.25, 0.3) is 0 Å². The van der Waals surface area contributed by atoms with Gasteiger partial charge in [-0.1, -0.05) is 0 Å². The second-order valence-corrected chi connectivity index (χ2v) is 4.88. The summed E-state index contributed by atoms with van der Waals surface area (Å²) >= 11 is 6.81. The lowest BCUT2D eigenvalue weighted by Crippen LogP contribution is -2.24. The van der Waals surface area contributed by atoms with Crippen LogP contribution in [0.15, 0.2) is 20.1 Å². The number of nitrogens with two attached hydrogens (primary N) is 1. The molecule has 6 nitrogen and oxygen atoms in total. The molecule has 0 saturated heterocycles. The number of benzene rings is 1. The van der Waals surface area contributed by atoms with Crippen LogP contribution in [-0.4, -0.2) is 26.0 Å². The van der Waals surface area contributed by atoms with E-state index >= 15 is 0 Å². The first-order valence-electron chi connectivity index (χ1n) is 5.28. The maximum atomic E-state index is 10.5. The quantitative estimate of drug-likeness (QED) is 0.594. The van der Waals surface area contributed by atoms with Crippen LogP contribution in [0.3, 0.4) is 0 Å². The summed E-state index contributed by atoms with van der Waals surface area (Å²) in [7, 11) is 1.55. The van der Waals surface area contributed by atoms with Gasteiger partial charge in [0.1, 0.15) is 0 Å². The summed E-state index contributed by atoms with van der Waals surface area (Å²) in [4.78, 5) is 10.5. The van der Waals surface area contributed by atoms with E-state index in [9.17, 15) is 4.79 Å². The second-order valence-electron chi connectivity index (χ2n) is 3.29. The van der Waals surface area contributed by atoms with Crippen LogP contribution in [0.1, 0.15) is 12.5 Å². The molecule has 0 bridgehead atoms. The Morgan fingerprint density at radius 1 is 1.53 bits per heavy atom. The lowest BCUT2D eigenvalue weighted by atomic mass is 10.2. The minimum absolute atomic E-state index is 0.501. The van der Waals surface area contributed by atoms with E-state index in [4.69, 9.17) is 15.2 Å². The molecule has 0 aliphatic carbocycles. The molecular formula is C11H13Br2N3O3. The van der Waals surface area contributed by atoms with E-state index in [-0.39, 0.29) is 0 Å². The summed E-state index contributed by atoms with van der Waals surface area (Å²) in [5.41, 5.74) is 7.74. The molecule has 0 aliphatic heterocycles. The third kappa shape index (κ3) is 4.10. The summed E-state index contributed by atoms with van der Waals surface area (Å²) in [5.74, 6) is 1.15. The smallest absolute Gasteiger partial charge is 0.332 e.